The average Bonchev–Trinajstić information content (AvgIpc) is 2.72. The molecule has 1 N–H and O–H groups in total. The molecule has 2 aromatic rings. The van der Waals surface area contributed by atoms with Crippen molar-refractivity contribution >= 4 is 16.9 Å². The van der Waals surface area contributed by atoms with E-state index < -0.39 is 0 Å². The van der Waals surface area contributed by atoms with E-state index in [0.29, 0.717) is 6.42 Å². The summed E-state index contributed by atoms with van der Waals surface area (Å²) >= 11 is 0. The number of carbonyl (C=O) groups is 1. The Morgan fingerprint density at radius 2 is 2.18 bits per heavy atom. The van der Waals surface area contributed by atoms with Crippen LogP contribution in [0.25, 0.3) is 11.0 Å². The third kappa shape index (κ3) is 2.67. The molecule has 17 heavy (non-hydrogen) atoms. The zero-order chi connectivity index (χ0) is 12.3. The summed E-state index contributed by atoms with van der Waals surface area (Å²) in [6.07, 6.45) is 2.99. The molecule has 0 aliphatic rings. The molecule has 0 fully saturated rings. The maximum atomic E-state index is 11.8. The number of furan rings is 1. The molecule has 0 aliphatic carbocycles. The fourth-order valence-corrected chi connectivity index (χ4v) is 1.77. The molecular formula is C14H17NO2. The van der Waals surface area contributed by atoms with Gasteiger partial charge in [-0.25, -0.2) is 0 Å². The normalized spacial score (nSPS) is 12.6. The monoisotopic (exact) mass is 231 g/mol. The molecule has 0 radical (unpaired) electrons. The van der Waals surface area contributed by atoms with E-state index in [1.807, 2.05) is 31.2 Å². The van der Waals surface area contributed by atoms with Gasteiger partial charge in [0.2, 0.25) is 5.91 Å². The van der Waals surface area contributed by atoms with E-state index in [-0.39, 0.29) is 11.9 Å². The molecule has 1 aromatic heterocycles. The molecule has 1 atom stereocenters. The van der Waals surface area contributed by atoms with E-state index in [9.17, 15) is 4.79 Å². The molecular weight excluding hydrogens is 214 g/mol. The second-order valence-electron chi connectivity index (χ2n) is 4.31. The SMILES string of the molecule is CCC(C)NC(=O)Cc1coc2ccccc12. The van der Waals surface area contributed by atoms with Gasteiger partial charge in [0.05, 0.1) is 12.7 Å². The first-order chi connectivity index (χ1) is 8.20. The highest BCUT2D eigenvalue weighted by atomic mass is 16.3. The largest absolute Gasteiger partial charge is 0.464 e. The lowest BCUT2D eigenvalue weighted by atomic mass is 10.1. The Morgan fingerprint density at radius 1 is 1.41 bits per heavy atom. The fraction of sp³-hybridized carbons (Fsp3) is 0.357. The molecule has 0 bridgehead atoms. The minimum absolute atomic E-state index is 0.0471. The number of fused-ring (bicyclic) bond motifs is 1. The van der Waals surface area contributed by atoms with Crippen molar-refractivity contribution in [2.24, 2.45) is 0 Å². The van der Waals surface area contributed by atoms with Crippen molar-refractivity contribution in [1.82, 2.24) is 5.32 Å². The average molecular weight is 231 g/mol. The van der Waals surface area contributed by atoms with Gasteiger partial charge in [-0.3, -0.25) is 4.79 Å². The molecule has 0 spiro atoms. The lowest BCUT2D eigenvalue weighted by molar-refractivity contribution is -0.121. The molecule has 1 heterocycles. The number of hydrogen-bond acceptors (Lipinski definition) is 2. The zero-order valence-electron chi connectivity index (χ0n) is 10.2. The number of nitrogens with one attached hydrogen (secondary N) is 1. The van der Waals surface area contributed by atoms with E-state index in [1.54, 1.807) is 6.26 Å². The van der Waals surface area contributed by atoms with Gasteiger partial charge in [0, 0.05) is 17.0 Å². The Hall–Kier alpha value is -1.77. The lowest BCUT2D eigenvalue weighted by Gasteiger charge is -2.10. The number of amides is 1. The second kappa shape index (κ2) is 5.04. The van der Waals surface area contributed by atoms with E-state index in [1.165, 1.54) is 0 Å². The van der Waals surface area contributed by atoms with Gasteiger partial charge in [-0.2, -0.15) is 0 Å². The number of rotatable bonds is 4. The number of para-hydroxylation sites is 1. The van der Waals surface area contributed by atoms with E-state index in [0.717, 1.165) is 23.0 Å². The lowest BCUT2D eigenvalue weighted by Crippen LogP contribution is -2.33. The van der Waals surface area contributed by atoms with Crippen molar-refractivity contribution < 1.29 is 9.21 Å². The van der Waals surface area contributed by atoms with E-state index >= 15 is 0 Å². The van der Waals surface area contributed by atoms with Crippen LogP contribution in [0.1, 0.15) is 25.8 Å². The van der Waals surface area contributed by atoms with Crippen LogP contribution in [-0.4, -0.2) is 11.9 Å². The van der Waals surface area contributed by atoms with E-state index in [2.05, 4.69) is 12.2 Å². The summed E-state index contributed by atoms with van der Waals surface area (Å²) in [4.78, 5) is 11.8. The summed E-state index contributed by atoms with van der Waals surface area (Å²) in [5.74, 6) is 0.0471. The molecule has 2 rings (SSSR count). The van der Waals surface area contributed by atoms with Gasteiger partial charge in [0.15, 0.2) is 0 Å². The minimum atomic E-state index is 0.0471. The first-order valence-electron chi connectivity index (χ1n) is 5.95. The highest BCUT2D eigenvalue weighted by molar-refractivity contribution is 5.87. The molecule has 1 unspecified atom stereocenters. The van der Waals surface area contributed by atoms with Gasteiger partial charge < -0.3 is 9.73 Å². The molecule has 3 nitrogen and oxygen atoms in total. The smallest absolute Gasteiger partial charge is 0.224 e. The Labute approximate surface area is 101 Å². The number of hydrogen-bond donors (Lipinski definition) is 1. The van der Waals surface area contributed by atoms with Crippen molar-refractivity contribution in [1.29, 1.82) is 0 Å². The highest BCUT2D eigenvalue weighted by Crippen LogP contribution is 2.20. The van der Waals surface area contributed by atoms with Crippen LogP contribution >= 0.6 is 0 Å². The molecule has 3 heteroatoms. The van der Waals surface area contributed by atoms with Crippen molar-refractivity contribution in [2.45, 2.75) is 32.7 Å². The zero-order valence-corrected chi connectivity index (χ0v) is 10.2. The Balaban J connectivity index is 2.11. The first-order valence-corrected chi connectivity index (χ1v) is 5.95. The van der Waals surface area contributed by atoms with Crippen molar-refractivity contribution in [2.75, 3.05) is 0 Å². The van der Waals surface area contributed by atoms with Gasteiger partial charge in [-0.15, -0.1) is 0 Å². The molecule has 0 saturated heterocycles. The van der Waals surface area contributed by atoms with Crippen molar-refractivity contribution in [3.8, 4) is 0 Å². The summed E-state index contributed by atoms with van der Waals surface area (Å²) in [6, 6.07) is 7.99. The van der Waals surface area contributed by atoms with Crippen molar-refractivity contribution in [3.05, 3.63) is 36.1 Å². The molecule has 90 valence electrons. The third-order valence-electron chi connectivity index (χ3n) is 2.93. The topological polar surface area (TPSA) is 42.2 Å². The predicted molar refractivity (Wildman–Crippen MR) is 67.8 cm³/mol. The van der Waals surface area contributed by atoms with Crippen LogP contribution in [0, 0.1) is 0 Å². The summed E-state index contributed by atoms with van der Waals surface area (Å²) in [7, 11) is 0. The second-order valence-corrected chi connectivity index (χ2v) is 4.31. The number of carbonyl (C=O) groups excluding carboxylic acids is 1. The van der Waals surface area contributed by atoms with Crippen LogP contribution in [0.5, 0.6) is 0 Å². The van der Waals surface area contributed by atoms with Gasteiger partial charge in [0.1, 0.15) is 5.58 Å². The summed E-state index contributed by atoms with van der Waals surface area (Å²) in [5.41, 5.74) is 1.78. The standard InChI is InChI=1S/C14H17NO2/c1-3-10(2)15-14(16)8-11-9-17-13-7-5-4-6-12(11)13/h4-7,9-10H,3,8H2,1-2H3,(H,15,16). The van der Waals surface area contributed by atoms with Gasteiger partial charge in [-0.1, -0.05) is 25.1 Å². The molecule has 1 aromatic carbocycles. The Bertz CT molecular complexity index is 516. The van der Waals surface area contributed by atoms with Gasteiger partial charge in [0.25, 0.3) is 0 Å². The minimum Gasteiger partial charge on any atom is -0.464 e. The van der Waals surface area contributed by atoms with E-state index in [4.69, 9.17) is 4.42 Å². The Morgan fingerprint density at radius 3 is 2.94 bits per heavy atom. The quantitative estimate of drug-likeness (QED) is 0.879. The third-order valence-corrected chi connectivity index (χ3v) is 2.93. The van der Waals surface area contributed by atoms with Crippen LogP contribution < -0.4 is 5.32 Å². The maximum absolute atomic E-state index is 11.8. The summed E-state index contributed by atoms with van der Waals surface area (Å²) < 4.78 is 5.40. The highest BCUT2D eigenvalue weighted by Gasteiger charge is 2.11. The predicted octanol–water partition coefficient (Wildman–Crippen LogP) is 2.89. The molecule has 0 aliphatic heterocycles. The van der Waals surface area contributed by atoms with Crippen LogP contribution in [0.15, 0.2) is 34.9 Å². The van der Waals surface area contributed by atoms with Gasteiger partial charge >= 0.3 is 0 Å². The van der Waals surface area contributed by atoms with Crippen LogP contribution in [0.2, 0.25) is 0 Å². The fourth-order valence-electron chi connectivity index (χ4n) is 1.77. The first kappa shape index (κ1) is 11.7. The maximum Gasteiger partial charge on any atom is 0.224 e. The van der Waals surface area contributed by atoms with Crippen LogP contribution in [0.3, 0.4) is 0 Å². The van der Waals surface area contributed by atoms with Crippen LogP contribution in [0.4, 0.5) is 0 Å². The van der Waals surface area contributed by atoms with Gasteiger partial charge in [-0.05, 0) is 19.4 Å². The number of benzene rings is 1. The molecule has 0 saturated carbocycles. The van der Waals surface area contributed by atoms with Crippen LogP contribution in [-0.2, 0) is 11.2 Å². The van der Waals surface area contributed by atoms with Crippen molar-refractivity contribution in [3.63, 3.8) is 0 Å². The molecule has 1 amide bonds. The Kier molecular flexibility index (Phi) is 3.47. The summed E-state index contributed by atoms with van der Waals surface area (Å²) in [5, 5.41) is 3.97. The summed E-state index contributed by atoms with van der Waals surface area (Å²) in [6.45, 7) is 4.06.